The fraction of sp³-hybridized carbons (Fsp3) is 0.188. The van der Waals surface area contributed by atoms with Gasteiger partial charge >= 0.3 is 0 Å². The third-order valence-electron chi connectivity index (χ3n) is 3.56. The summed E-state index contributed by atoms with van der Waals surface area (Å²) in [5.74, 6) is -0.662. The van der Waals surface area contributed by atoms with E-state index in [0.29, 0.717) is 11.3 Å². The van der Waals surface area contributed by atoms with Crippen molar-refractivity contribution >= 4 is 27.3 Å². The summed E-state index contributed by atoms with van der Waals surface area (Å²) in [4.78, 5) is 11.5. The lowest BCUT2D eigenvalue weighted by atomic mass is 10.2. The Morgan fingerprint density at radius 2 is 1.96 bits per heavy atom. The second-order valence-electron chi connectivity index (χ2n) is 5.50. The van der Waals surface area contributed by atoms with E-state index in [4.69, 9.17) is 4.74 Å². The maximum Gasteiger partial charge on any atom is 0.265 e. The Balaban J connectivity index is 1.95. The lowest BCUT2D eigenvalue weighted by Gasteiger charge is -2.23. The molecule has 2 aromatic rings. The maximum absolute atomic E-state index is 13.8. The normalized spacial score (nSPS) is 16.8. The summed E-state index contributed by atoms with van der Waals surface area (Å²) < 4.78 is 46.3. The summed E-state index contributed by atoms with van der Waals surface area (Å²) in [7, 11) is -4.01. The number of carbonyl (C=O) groups is 1. The number of carbonyl (C=O) groups excluding carboxylic acids is 1. The first-order chi connectivity index (χ1) is 11.3. The summed E-state index contributed by atoms with van der Waals surface area (Å²) >= 11 is 0. The van der Waals surface area contributed by atoms with Gasteiger partial charge in [0.05, 0.1) is 16.3 Å². The number of ether oxygens (including phenoxy) is 1. The molecule has 0 radical (unpaired) electrons. The van der Waals surface area contributed by atoms with Crippen LogP contribution in [0.2, 0.25) is 0 Å². The molecule has 1 aliphatic rings. The Morgan fingerprint density at radius 3 is 2.71 bits per heavy atom. The summed E-state index contributed by atoms with van der Waals surface area (Å²) in [5.41, 5.74) is 0.835. The molecule has 0 fully saturated rings. The number of aryl methyl sites for hydroxylation is 1. The molecular weight excluding hydrogens is 335 g/mol. The lowest BCUT2D eigenvalue weighted by molar-refractivity contribution is -0.122. The largest absolute Gasteiger partial charge is 0.479 e. The zero-order valence-corrected chi connectivity index (χ0v) is 13.8. The van der Waals surface area contributed by atoms with Gasteiger partial charge in [-0.3, -0.25) is 9.52 Å². The minimum Gasteiger partial charge on any atom is -0.479 e. The van der Waals surface area contributed by atoms with Crippen LogP contribution in [0.15, 0.2) is 41.3 Å². The number of benzene rings is 2. The van der Waals surface area contributed by atoms with Crippen LogP contribution < -0.4 is 14.8 Å². The number of rotatable bonds is 3. The highest BCUT2D eigenvalue weighted by Crippen LogP contribution is 2.32. The van der Waals surface area contributed by atoms with Crippen molar-refractivity contribution < 1.29 is 22.3 Å². The van der Waals surface area contributed by atoms with E-state index >= 15 is 0 Å². The van der Waals surface area contributed by atoms with Crippen LogP contribution in [-0.4, -0.2) is 20.4 Å². The van der Waals surface area contributed by atoms with Gasteiger partial charge in [-0.1, -0.05) is 6.07 Å². The third-order valence-corrected chi connectivity index (χ3v) is 4.92. The van der Waals surface area contributed by atoms with Crippen molar-refractivity contribution in [2.45, 2.75) is 24.8 Å². The molecule has 0 aromatic heterocycles. The van der Waals surface area contributed by atoms with E-state index in [1.54, 1.807) is 19.9 Å². The zero-order valence-electron chi connectivity index (χ0n) is 13.0. The number of nitrogens with one attached hydrogen (secondary N) is 2. The standard InChI is InChI=1S/C16H15FN2O4S/c1-9-3-5-12(17)13(7-9)19-24(21,22)11-4-6-15-14(8-11)18-16(20)10(2)23-15/h3-8,10,19H,1-2H3,(H,18,20)/t10-/m1/s1. The van der Waals surface area contributed by atoms with E-state index in [2.05, 4.69) is 10.0 Å². The van der Waals surface area contributed by atoms with Gasteiger partial charge in [-0.05, 0) is 49.7 Å². The minimum absolute atomic E-state index is 0.111. The number of halogens is 1. The van der Waals surface area contributed by atoms with E-state index in [-0.39, 0.29) is 22.2 Å². The number of amides is 1. The van der Waals surface area contributed by atoms with Crippen LogP contribution in [0, 0.1) is 12.7 Å². The Hall–Kier alpha value is -2.61. The van der Waals surface area contributed by atoms with Gasteiger partial charge in [-0.25, -0.2) is 12.8 Å². The average Bonchev–Trinajstić information content (AvgIpc) is 2.51. The average molecular weight is 350 g/mol. The molecule has 126 valence electrons. The third kappa shape index (κ3) is 3.05. The molecule has 0 saturated carbocycles. The molecule has 0 unspecified atom stereocenters. The van der Waals surface area contributed by atoms with Crippen LogP contribution in [-0.2, 0) is 14.8 Å². The Labute approximate surface area is 138 Å². The topological polar surface area (TPSA) is 84.5 Å². The van der Waals surface area contributed by atoms with Crippen molar-refractivity contribution in [3.63, 3.8) is 0 Å². The number of fused-ring (bicyclic) bond motifs is 1. The minimum atomic E-state index is -4.01. The second-order valence-corrected chi connectivity index (χ2v) is 7.18. The van der Waals surface area contributed by atoms with Gasteiger partial charge < -0.3 is 10.1 Å². The van der Waals surface area contributed by atoms with Gasteiger partial charge in [-0.15, -0.1) is 0 Å². The molecule has 1 atom stereocenters. The number of hydrogen-bond donors (Lipinski definition) is 2. The maximum atomic E-state index is 13.8. The molecule has 0 aliphatic carbocycles. The highest BCUT2D eigenvalue weighted by atomic mass is 32.2. The molecule has 0 saturated heterocycles. The SMILES string of the molecule is Cc1ccc(F)c(NS(=O)(=O)c2ccc3c(c2)NC(=O)[C@@H](C)O3)c1. The summed E-state index contributed by atoms with van der Waals surface area (Å²) in [6, 6.07) is 8.19. The van der Waals surface area contributed by atoms with Crippen molar-refractivity contribution in [2.24, 2.45) is 0 Å². The van der Waals surface area contributed by atoms with E-state index in [1.807, 2.05) is 0 Å². The summed E-state index contributed by atoms with van der Waals surface area (Å²) in [5, 5.41) is 2.58. The molecule has 3 rings (SSSR count). The second kappa shape index (κ2) is 5.79. The van der Waals surface area contributed by atoms with Crippen LogP contribution in [0.4, 0.5) is 15.8 Å². The van der Waals surface area contributed by atoms with Crippen molar-refractivity contribution in [3.05, 3.63) is 47.8 Å². The summed E-state index contributed by atoms with van der Waals surface area (Å²) in [6.45, 7) is 3.31. The van der Waals surface area contributed by atoms with Gasteiger partial charge in [0.1, 0.15) is 11.6 Å². The van der Waals surface area contributed by atoms with Gasteiger partial charge in [0.15, 0.2) is 6.10 Å². The molecule has 1 heterocycles. The monoisotopic (exact) mass is 350 g/mol. The first-order valence-corrected chi connectivity index (χ1v) is 8.65. The fourth-order valence-corrected chi connectivity index (χ4v) is 3.36. The van der Waals surface area contributed by atoms with E-state index in [9.17, 15) is 17.6 Å². The summed E-state index contributed by atoms with van der Waals surface area (Å²) in [6.07, 6.45) is -0.653. The van der Waals surface area contributed by atoms with Crippen molar-refractivity contribution in [1.29, 1.82) is 0 Å². The van der Waals surface area contributed by atoms with E-state index in [1.165, 1.54) is 30.3 Å². The van der Waals surface area contributed by atoms with Gasteiger partial charge in [0.25, 0.3) is 15.9 Å². The van der Waals surface area contributed by atoms with E-state index in [0.717, 1.165) is 0 Å². The zero-order chi connectivity index (χ0) is 17.5. The van der Waals surface area contributed by atoms with Crippen LogP contribution in [0.5, 0.6) is 5.75 Å². The van der Waals surface area contributed by atoms with Gasteiger partial charge in [0, 0.05) is 0 Å². The molecule has 1 aliphatic heterocycles. The first kappa shape index (κ1) is 16.3. The molecular formula is C16H15FN2O4S. The van der Waals surface area contributed by atoms with Crippen LogP contribution in [0.3, 0.4) is 0 Å². The van der Waals surface area contributed by atoms with Gasteiger partial charge in [0.2, 0.25) is 0 Å². The highest BCUT2D eigenvalue weighted by Gasteiger charge is 2.26. The molecule has 0 spiro atoms. The lowest BCUT2D eigenvalue weighted by Crippen LogP contribution is -2.34. The van der Waals surface area contributed by atoms with Crippen LogP contribution in [0.25, 0.3) is 0 Å². The van der Waals surface area contributed by atoms with Crippen molar-refractivity contribution in [2.75, 3.05) is 10.0 Å². The number of anilines is 2. The molecule has 24 heavy (non-hydrogen) atoms. The predicted octanol–water partition coefficient (Wildman–Crippen LogP) is 2.65. The van der Waals surface area contributed by atoms with Crippen molar-refractivity contribution in [3.8, 4) is 5.75 Å². The van der Waals surface area contributed by atoms with Crippen LogP contribution >= 0.6 is 0 Å². The Bertz CT molecular complexity index is 928. The fourth-order valence-electron chi connectivity index (χ4n) is 2.28. The van der Waals surface area contributed by atoms with Crippen molar-refractivity contribution in [1.82, 2.24) is 0 Å². The molecule has 2 N–H and O–H groups in total. The molecule has 0 bridgehead atoms. The number of sulfonamides is 1. The highest BCUT2D eigenvalue weighted by molar-refractivity contribution is 7.92. The van der Waals surface area contributed by atoms with Crippen LogP contribution in [0.1, 0.15) is 12.5 Å². The molecule has 8 heteroatoms. The molecule has 2 aromatic carbocycles. The van der Waals surface area contributed by atoms with Gasteiger partial charge in [-0.2, -0.15) is 0 Å². The molecule has 1 amide bonds. The quantitative estimate of drug-likeness (QED) is 0.891. The first-order valence-electron chi connectivity index (χ1n) is 7.17. The predicted molar refractivity (Wildman–Crippen MR) is 87.1 cm³/mol. The van der Waals surface area contributed by atoms with E-state index < -0.39 is 21.9 Å². The smallest absolute Gasteiger partial charge is 0.265 e. The number of hydrogen-bond acceptors (Lipinski definition) is 4. The Kier molecular flexibility index (Phi) is 3.92. The Morgan fingerprint density at radius 1 is 1.21 bits per heavy atom. The molecule has 6 nitrogen and oxygen atoms in total.